The minimum atomic E-state index is -0.436. The predicted octanol–water partition coefficient (Wildman–Crippen LogP) is 3.48. The number of carbonyl (C=O) groups excluding carboxylic acids is 2. The van der Waals surface area contributed by atoms with E-state index < -0.39 is 5.97 Å². The van der Waals surface area contributed by atoms with Crippen LogP contribution in [0.15, 0.2) is 41.0 Å². The first-order valence-electron chi connectivity index (χ1n) is 8.21. The molecule has 1 atom stereocenters. The summed E-state index contributed by atoms with van der Waals surface area (Å²) in [6, 6.07) is 8.87. The summed E-state index contributed by atoms with van der Waals surface area (Å²) in [7, 11) is 1.34. The van der Waals surface area contributed by atoms with Crippen LogP contribution in [0.1, 0.15) is 54.4 Å². The summed E-state index contributed by atoms with van der Waals surface area (Å²) in [5, 5.41) is 5.84. The molecule has 0 aliphatic heterocycles. The second-order valence-electron chi connectivity index (χ2n) is 6.11. The molecule has 0 aliphatic carbocycles. The molecule has 0 fully saturated rings. The number of hydrogen-bond donors (Lipinski definition) is 2. The van der Waals surface area contributed by atoms with Crippen molar-refractivity contribution in [1.82, 2.24) is 5.32 Å². The Bertz CT molecular complexity index is 723. The number of anilines is 1. The third-order valence-electron chi connectivity index (χ3n) is 3.90. The number of furan rings is 1. The molecule has 2 aromatic rings. The van der Waals surface area contributed by atoms with Crippen molar-refractivity contribution in [2.24, 2.45) is 0 Å². The SMILES string of the molecule is COC(=O)c1cc(C(C)C)ccc1NCC(=O)NC(C)c1ccco1. The lowest BCUT2D eigenvalue weighted by molar-refractivity contribution is -0.120. The third kappa shape index (κ3) is 4.86. The van der Waals surface area contributed by atoms with Gasteiger partial charge in [0.1, 0.15) is 5.76 Å². The van der Waals surface area contributed by atoms with Crippen LogP contribution in [0.3, 0.4) is 0 Å². The molecule has 1 aromatic carbocycles. The summed E-state index contributed by atoms with van der Waals surface area (Å²) in [5.41, 5.74) is 2.01. The maximum absolute atomic E-state index is 12.1. The summed E-state index contributed by atoms with van der Waals surface area (Å²) < 4.78 is 10.1. The first-order chi connectivity index (χ1) is 11.9. The fourth-order valence-corrected chi connectivity index (χ4v) is 2.43. The minimum absolute atomic E-state index is 0.0378. The van der Waals surface area contributed by atoms with Crippen molar-refractivity contribution in [3.8, 4) is 0 Å². The van der Waals surface area contributed by atoms with Crippen molar-refractivity contribution in [3.63, 3.8) is 0 Å². The third-order valence-corrected chi connectivity index (χ3v) is 3.90. The average molecular weight is 344 g/mol. The number of esters is 1. The highest BCUT2D eigenvalue weighted by Crippen LogP contribution is 2.23. The Kier molecular flexibility index (Phi) is 6.22. The molecule has 1 heterocycles. The average Bonchev–Trinajstić information content (AvgIpc) is 3.13. The lowest BCUT2D eigenvalue weighted by atomic mass is 9.99. The molecule has 0 aliphatic rings. The monoisotopic (exact) mass is 344 g/mol. The van der Waals surface area contributed by atoms with Gasteiger partial charge in [-0.15, -0.1) is 0 Å². The summed E-state index contributed by atoms with van der Waals surface area (Å²) >= 11 is 0. The van der Waals surface area contributed by atoms with Crippen molar-refractivity contribution < 1.29 is 18.7 Å². The molecule has 25 heavy (non-hydrogen) atoms. The zero-order chi connectivity index (χ0) is 18.4. The number of hydrogen-bond acceptors (Lipinski definition) is 5. The zero-order valence-electron chi connectivity index (χ0n) is 15.0. The van der Waals surface area contributed by atoms with E-state index in [4.69, 9.17) is 9.15 Å². The molecule has 0 saturated heterocycles. The van der Waals surface area contributed by atoms with E-state index >= 15 is 0 Å². The molecular weight excluding hydrogens is 320 g/mol. The van der Waals surface area contributed by atoms with Gasteiger partial charge in [0.15, 0.2) is 0 Å². The summed E-state index contributed by atoms with van der Waals surface area (Å²) in [4.78, 5) is 24.1. The number of amides is 1. The van der Waals surface area contributed by atoms with Gasteiger partial charge in [-0.1, -0.05) is 19.9 Å². The van der Waals surface area contributed by atoms with Gasteiger partial charge in [-0.2, -0.15) is 0 Å². The summed E-state index contributed by atoms with van der Waals surface area (Å²) in [6.07, 6.45) is 1.56. The first kappa shape index (κ1) is 18.6. The van der Waals surface area contributed by atoms with Crippen LogP contribution in [0, 0.1) is 0 Å². The van der Waals surface area contributed by atoms with Crippen LogP contribution >= 0.6 is 0 Å². The van der Waals surface area contributed by atoms with Crippen molar-refractivity contribution >= 4 is 17.6 Å². The highest BCUT2D eigenvalue weighted by molar-refractivity contribution is 5.96. The Morgan fingerprint density at radius 1 is 1.20 bits per heavy atom. The Hall–Kier alpha value is -2.76. The van der Waals surface area contributed by atoms with Crippen LogP contribution in [0.5, 0.6) is 0 Å². The van der Waals surface area contributed by atoms with Crippen LogP contribution in [-0.2, 0) is 9.53 Å². The summed E-state index contributed by atoms with van der Waals surface area (Å²) in [6.45, 7) is 5.98. The molecule has 2 rings (SSSR count). The molecule has 1 aromatic heterocycles. The molecule has 6 nitrogen and oxygen atoms in total. The van der Waals surface area contributed by atoms with E-state index in [1.54, 1.807) is 30.5 Å². The predicted molar refractivity (Wildman–Crippen MR) is 95.6 cm³/mol. The number of ether oxygens (including phenoxy) is 1. The van der Waals surface area contributed by atoms with Crippen molar-refractivity contribution in [2.75, 3.05) is 19.0 Å². The number of rotatable bonds is 7. The fraction of sp³-hybridized carbons (Fsp3) is 0.368. The van der Waals surface area contributed by atoms with E-state index in [2.05, 4.69) is 10.6 Å². The van der Waals surface area contributed by atoms with Gasteiger partial charge in [0.25, 0.3) is 0 Å². The highest BCUT2D eigenvalue weighted by Gasteiger charge is 2.16. The Labute approximate surface area is 147 Å². The van der Waals surface area contributed by atoms with Crippen LogP contribution in [-0.4, -0.2) is 25.5 Å². The van der Waals surface area contributed by atoms with Gasteiger partial charge in [-0.05, 0) is 42.7 Å². The smallest absolute Gasteiger partial charge is 0.339 e. The van der Waals surface area contributed by atoms with Gasteiger partial charge >= 0.3 is 5.97 Å². The van der Waals surface area contributed by atoms with Crippen LogP contribution in [0.2, 0.25) is 0 Å². The highest BCUT2D eigenvalue weighted by atomic mass is 16.5. The Morgan fingerprint density at radius 3 is 2.56 bits per heavy atom. The molecule has 2 N–H and O–H groups in total. The fourth-order valence-electron chi connectivity index (χ4n) is 2.43. The number of carbonyl (C=O) groups is 2. The molecule has 0 radical (unpaired) electrons. The van der Waals surface area contributed by atoms with E-state index in [0.29, 0.717) is 17.0 Å². The van der Waals surface area contributed by atoms with Crippen molar-refractivity contribution in [3.05, 3.63) is 53.5 Å². The molecule has 6 heteroatoms. The second-order valence-corrected chi connectivity index (χ2v) is 6.11. The van der Waals surface area contributed by atoms with E-state index in [-0.39, 0.29) is 24.4 Å². The van der Waals surface area contributed by atoms with Crippen molar-refractivity contribution in [2.45, 2.75) is 32.7 Å². The molecule has 0 saturated carbocycles. The molecule has 1 unspecified atom stereocenters. The molecule has 0 bridgehead atoms. The van der Waals surface area contributed by atoms with Gasteiger partial charge in [-0.25, -0.2) is 4.79 Å². The standard InChI is InChI=1S/C19H24N2O4/c1-12(2)14-7-8-16(15(10-14)19(23)24-4)20-11-18(22)21-13(3)17-6-5-9-25-17/h5-10,12-13,20H,11H2,1-4H3,(H,21,22). The van der Waals surface area contributed by atoms with Crippen molar-refractivity contribution in [1.29, 1.82) is 0 Å². The van der Waals surface area contributed by atoms with E-state index in [1.165, 1.54) is 7.11 Å². The Balaban J connectivity index is 2.04. The van der Waals surface area contributed by atoms with Gasteiger partial charge in [0.05, 0.1) is 31.5 Å². The molecule has 134 valence electrons. The van der Waals surface area contributed by atoms with Gasteiger partial charge < -0.3 is 19.8 Å². The lowest BCUT2D eigenvalue weighted by Crippen LogP contribution is -2.32. The van der Waals surface area contributed by atoms with Crippen LogP contribution in [0.4, 0.5) is 5.69 Å². The quantitative estimate of drug-likeness (QED) is 0.752. The van der Waals surface area contributed by atoms with Gasteiger partial charge in [0, 0.05) is 5.69 Å². The molecular formula is C19H24N2O4. The number of nitrogens with one attached hydrogen (secondary N) is 2. The number of benzene rings is 1. The maximum atomic E-state index is 12.1. The van der Waals surface area contributed by atoms with Crippen LogP contribution < -0.4 is 10.6 Å². The zero-order valence-corrected chi connectivity index (χ0v) is 15.0. The minimum Gasteiger partial charge on any atom is -0.467 e. The molecule has 1 amide bonds. The normalized spacial score (nSPS) is 11.9. The largest absolute Gasteiger partial charge is 0.467 e. The Morgan fingerprint density at radius 2 is 1.96 bits per heavy atom. The first-order valence-corrected chi connectivity index (χ1v) is 8.21. The van der Waals surface area contributed by atoms with Gasteiger partial charge in [-0.3, -0.25) is 4.79 Å². The maximum Gasteiger partial charge on any atom is 0.339 e. The van der Waals surface area contributed by atoms with E-state index in [1.807, 2.05) is 26.8 Å². The topological polar surface area (TPSA) is 80.6 Å². The van der Waals surface area contributed by atoms with Gasteiger partial charge in [0.2, 0.25) is 5.91 Å². The van der Waals surface area contributed by atoms with E-state index in [0.717, 1.165) is 5.56 Å². The van der Waals surface area contributed by atoms with Crippen LogP contribution in [0.25, 0.3) is 0 Å². The number of methoxy groups -OCH3 is 1. The second kappa shape index (κ2) is 8.37. The lowest BCUT2D eigenvalue weighted by Gasteiger charge is -2.15. The summed E-state index contributed by atoms with van der Waals surface area (Å²) in [5.74, 6) is 0.335. The molecule has 0 spiro atoms. The van der Waals surface area contributed by atoms with E-state index in [9.17, 15) is 9.59 Å².